The third kappa shape index (κ3) is 5.07. The van der Waals surface area contributed by atoms with Gasteiger partial charge in [-0.05, 0) is 24.6 Å². The molecular weight excluding hydrogens is 456 g/mol. The van der Waals surface area contributed by atoms with Crippen LogP contribution in [0.15, 0.2) is 18.5 Å². The fourth-order valence-electron chi connectivity index (χ4n) is 3.37. The van der Waals surface area contributed by atoms with Gasteiger partial charge in [0.25, 0.3) is 0 Å². The lowest BCUT2D eigenvalue weighted by molar-refractivity contribution is 0.0525. The smallest absolute Gasteiger partial charge is 0.341 e. The minimum atomic E-state index is -0.469. The van der Waals surface area contributed by atoms with E-state index in [1.807, 2.05) is 11.0 Å². The van der Waals surface area contributed by atoms with E-state index in [0.717, 1.165) is 34.0 Å². The van der Waals surface area contributed by atoms with Crippen LogP contribution in [0.3, 0.4) is 0 Å². The van der Waals surface area contributed by atoms with Gasteiger partial charge < -0.3 is 24.4 Å². The van der Waals surface area contributed by atoms with Crippen LogP contribution in [0.2, 0.25) is 5.28 Å². The van der Waals surface area contributed by atoms with Crippen LogP contribution < -0.4 is 9.80 Å². The number of rotatable bonds is 8. The molecule has 0 aromatic carbocycles. The second-order valence-electron chi connectivity index (χ2n) is 6.98. The summed E-state index contributed by atoms with van der Waals surface area (Å²) in [5.74, 6) is 0.744. The van der Waals surface area contributed by atoms with Crippen LogP contribution in [0.1, 0.15) is 22.2 Å². The molecule has 1 N–H and O–H groups in total. The summed E-state index contributed by atoms with van der Waals surface area (Å²) in [4.78, 5) is 34.3. The van der Waals surface area contributed by atoms with Gasteiger partial charge in [0.05, 0.1) is 48.8 Å². The van der Waals surface area contributed by atoms with Gasteiger partial charge in [-0.3, -0.25) is 0 Å². The zero-order chi connectivity index (χ0) is 22.5. The Hall–Kier alpha value is -2.60. The first-order valence-corrected chi connectivity index (χ1v) is 11.4. The van der Waals surface area contributed by atoms with Gasteiger partial charge in [-0.1, -0.05) is 0 Å². The highest BCUT2D eigenvalue weighted by Crippen LogP contribution is 2.34. The predicted octanol–water partition coefficient (Wildman–Crippen LogP) is 2.15. The largest absolute Gasteiger partial charge is 0.462 e. The van der Waals surface area contributed by atoms with Crippen molar-refractivity contribution in [1.82, 2.24) is 19.9 Å². The molecule has 1 fully saturated rings. The first kappa shape index (κ1) is 22.6. The molecule has 0 saturated carbocycles. The number of carbonyl (C=O) groups is 1. The zero-order valence-electron chi connectivity index (χ0n) is 17.5. The number of thiophene rings is 1. The van der Waals surface area contributed by atoms with E-state index < -0.39 is 5.97 Å². The predicted molar refractivity (Wildman–Crippen MR) is 122 cm³/mol. The summed E-state index contributed by atoms with van der Waals surface area (Å²) in [6.07, 6.45) is 2.86. The van der Waals surface area contributed by atoms with Crippen molar-refractivity contribution in [2.75, 3.05) is 55.9 Å². The first-order chi connectivity index (χ1) is 15.6. The minimum Gasteiger partial charge on any atom is -0.462 e. The number of hydrogen-bond donors (Lipinski definition) is 1. The minimum absolute atomic E-state index is 0.0709. The molecule has 12 heteroatoms. The van der Waals surface area contributed by atoms with E-state index in [2.05, 4.69) is 24.8 Å². The van der Waals surface area contributed by atoms with Crippen molar-refractivity contribution in [3.8, 4) is 0 Å². The van der Waals surface area contributed by atoms with Crippen molar-refractivity contribution in [3.05, 3.63) is 34.2 Å². The van der Waals surface area contributed by atoms with Crippen molar-refractivity contribution in [1.29, 1.82) is 0 Å². The molecule has 10 nitrogen and oxygen atoms in total. The van der Waals surface area contributed by atoms with Crippen LogP contribution in [-0.2, 0) is 16.0 Å². The Morgan fingerprint density at radius 3 is 2.75 bits per heavy atom. The van der Waals surface area contributed by atoms with Crippen LogP contribution >= 0.6 is 22.9 Å². The Bertz CT molecular complexity index is 1070. The molecular formula is C20H23ClN6O4S. The van der Waals surface area contributed by atoms with E-state index in [-0.39, 0.29) is 24.1 Å². The van der Waals surface area contributed by atoms with E-state index in [4.69, 9.17) is 21.1 Å². The molecule has 170 valence electrons. The topological polar surface area (TPSA) is 114 Å². The summed E-state index contributed by atoms with van der Waals surface area (Å²) in [7, 11) is 0. The lowest BCUT2D eigenvalue weighted by Gasteiger charge is -2.28. The number of ether oxygens (including phenoxy) is 2. The average molecular weight is 479 g/mol. The Morgan fingerprint density at radius 1 is 1.31 bits per heavy atom. The number of morpholine rings is 1. The zero-order valence-corrected chi connectivity index (χ0v) is 19.1. The molecule has 0 aliphatic carbocycles. The van der Waals surface area contributed by atoms with Crippen molar-refractivity contribution in [2.24, 2.45) is 0 Å². The molecule has 3 aromatic heterocycles. The number of halogens is 1. The number of esters is 1. The molecule has 0 bridgehead atoms. The van der Waals surface area contributed by atoms with Gasteiger partial charge in [0.15, 0.2) is 5.82 Å². The fraction of sp³-hybridized carbons (Fsp3) is 0.450. The number of carbonyl (C=O) groups excluding carboxylic acids is 1. The van der Waals surface area contributed by atoms with Crippen molar-refractivity contribution in [3.63, 3.8) is 0 Å². The third-order valence-corrected chi connectivity index (χ3v) is 6.11. The van der Waals surface area contributed by atoms with Gasteiger partial charge in [0.1, 0.15) is 0 Å². The van der Waals surface area contributed by atoms with Gasteiger partial charge in [-0.15, -0.1) is 11.3 Å². The maximum absolute atomic E-state index is 11.8. The summed E-state index contributed by atoms with van der Waals surface area (Å²) in [5, 5.41) is 9.76. The summed E-state index contributed by atoms with van der Waals surface area (Å²) >= 11 is 7.76. The van der Waals surface area contributed by atoms with Gasteiger partial charge in [0.2, 0.25) is 11.2 Å². The van der Waals surface area contributed by atoms with E-state index in [1.54, 1.807) is 18.3 Å². The normalized spacial score (nSPS) is 14.0. The second-order valence-corrected chi connectivity index (χ2v) is 8.45. The van der Waals surface area contributed by atoms with Gasteiger partial charge in [-0.2, -0.15) is 4.98 Å². The molecule has 3 aromatic rings. The highest BCUT2D eigenvalue weighted by atomic mass is 35.5. The summed E-state index contributed by atoms with van der Waals surface area (Å²) < 4.78 is 11.4. The molecule has 0 atom stereocenters. The van der Waals surface area contributed by atoms with Crippen LogP contribution in [0.4, 0.5) is 11.8 Å². The molecule has 1 aliphatic rings. The van der Waals surface area contributed by atoms with E-state index in [1.165, 1.54) is 12.4 Å². The highest BCUT2D eigenvalue weighted by Gasteiger charge is 2.20. The number of anilines is 2. The first-order valence-electron chi connectivity index (χ1n) is 10.2. The lowest BCUT2D eigenvalue weighted by atomic mass is 10.3. The van der Waals surface area contributed by atoms with Crippen LogP contribution in [-0.4, -0.2) is 77.1 Å². The second kappa shape index (κ2) is 10.3. The summed E-state index contributed by atoms with van der Waals surface area (Å²) in [5.41, 5.74) is 1.05. The van der Waals surface area contributed by atoms with E-state index in [9.17, 15) is 9.90 Å². The molecule has 1 saturated heterocycles. The Morgan fingerprint density at radius 2 is 2.06 bits per heavy atom. The standard InChI is InChI=1S/C20H23ClN6O4S/c1-2-31-18(29)13-10-22-20(23-11-13)27(3-6-28)12-14-9-15-16(32-14)17(25-19(21)24-15)26-4-7-30-8-5-26/h9-11,28H,2-8,12H2,1H3. The number of aromatic nitrogens is 4. The van der Waals surface area contributed by atoms with E-state index >= 15 is 0 Å². The third-order valence-electron chi connectivity index (χ3n) is 4.84. The van der Waals surface area contributed by atoms with Crippen molar-refractivity contribution in [2.45, 2.75) is 13.5 Å². The Labute approximate surface area is 193 Å². The monoisotopic (exact) mass is 478 g/mol. The number of fused-ring (bicyclic) bond motifs is 1. The number of hydrogen-bond acceptors (Lipinski definition) is 11. The fourth-order valence-corrected chi connectivity index (χ4v) is 4.67. The number of nitrogens with zero attached hydrogens (tertiary/aromatic N) is 6. The maximum Gasteiger partial charge on any atom is 0.341 e. The quantitative estimate of drug-likeness (QED) is 0.381. The van der Waals surface area contributed by atoms with Crippen LogP contribution in [0.25, 0.3) is 10.2 Å². The summed E-state index contributed by atoms with van der Waals surface area (Å²) in [6, 6.07) is 1.97. The van der Waals surface area contributed by atoms with Gasteiger partial charge in [-0.25, -0.2) is 19.7 Å². The SMILES string of the molecule is CCOC(=O)c1cnc(N(CCO)Cc2cc3nc(Cl)nc(N4CCOCC4)c3s2)nc1. The average Bonchev–Trinajstić information content (AvgIpc) is 3.21. The number of aliphatic hydroxyl groups excluding tert-OH is 1. The molecule has 4 rings (SSSR count). The van der Waals surface area contributed by atoms with Gasteiger partial charge in [0, 0.05) is 36.9 Å². The van der Waals surface area contributed by atoms with Crippen molar-refractivity contribution >= 4 is 50.9 Å². The van der Waals surface area contributed by atoms with Crippen molar-refractivity contribution < 1.29 is 19.4 Å². The molecule has 32 heavy (non-hydrogen) atoms. The Kier molecular flexibility index (Phi) is 7.30. The maximum atomic E-state index is 11.8. The van der Waals surface area contributed by atoms with E-state index in [0.29, 0.717) is 32.3 Å². The lowest BCUT2D eigenvalue weighted by Crippen LogP contribution is -2.36. The Balaban J connectivity index is 1.59. The number of aliphatic hydroxyl groups is 1. The molecule has 0 amide bonds. The summed E-state index contributed by atoms with van der Waals surface area (Å²) in [6.45, 7) is 5.51. The molecule has 1 aliphatic heterocycles. The molecule has 0 unspecified atom stereocenters. The molecule has 4 heterocycles. The molecule has 0 spiro atoms. The van der Waals surface area contributed by atoms with Crippen LogP contribution in [0.5, 0.6) is 0 Å². The highest BCUT2D eigenvalue weighted by molar-refractivity contribution is 7.19. The molecule has 0 radical (unpaired) electrons. The van der Waals surface area contributed by atoms with Crippen LogP contribution in [0, 0.1) is 0 Å². The van der Waals surface area contributed by atoms with Gasteiger partial charge >= 0.3 is 5.97 Å².